The lowest BCUT2D eigenvalue weighted by Gasteiger charge is -2.71. The maximum absolute atomic E-state index is 13.9. The first-order chi connectivity index (χ1) is 31.2. The highest BCUT2D eigenvalue weighted by Gasteiger charge is 2.77. The number of fused-ring (bicyclic) bond motifs is 5. The van der Waals surface area contributed by atoms with Crippen LogP contribution in [0.5, 0.6) is 0 Å². The zero-order valence-electron chi connectivity index (χ0n) is 39.9. The quantitative estimate of drug-likeness (QED) is 0.0836. The van der Waals surface area contributed by atoms with Gasteiger partial charge in [0.25, 0.3) is 0 Å². The molecule has 2 aromatic rings. The van der Waals surface area contributed by atoms with E-state index in [-0.39, 0.29) is 32.5 Å². The number of aliphatic hydroxyl groups excluding tert-OH is 9. The largest absolute Gasteiger partial charge is 0.392 e. The molecular formula is C48H76N2O17. The van der Waals surface area contributed by atoms with Crippen LogP contribution in [0.1, 0.15) is 91.7 Å². The molecule has 1 heterocycles. The van der Waals surface area contributed by atoms with Crippen molar-refractivity contribution in [2.45, 2.75) is 172 Å². The minimum absolute atomic E-state index is 0.0624. The maximum Gasteiger partial charge on any atom is 0.214 e. The molecular weight excluding hydrogens is 877 g/mol. The summed E-state index contributed by atoms with van der Waals surface area (Å²) in [6, 6.07) is 15.8. The Bertz CT molecular complexity index is 1880. The van der Waals surface area contributed by atoms with Crippen LogP contribution in [-0.4, -0.2) is 179 Å². The number of likely N-dealkylation sites (N-methyl/N-ethyl adjacent to an activating group) is 1. The Morgan fingerprint density at radius 3 is 2.00 bits per heavy atom. The summed E-state index contributed by atoms with van der Waals surface area (Å²) in [5.41, 5.74) is -6.97. The summed E-state index contributed by atoms with van der Waals surface area (Å²) in [5.74, 6) is -3.19. The van der Waals surface area contributed by atoms with Gasteiger partial charge in [-0.05, 0) is 46.2 Å². The predicted molar refractivity (Wildman–Crippen MR) is 238 cm³/mol. The van der Waals surface area contributed by atoms with Gasteiger partial charge in [-0.3, -0.25) is 10.2 Å². The van der Waals surface area contributed by atoms with Crippen LogP contribution in [0, 0.1) is 28.6 Å². The van der Waals surface area contributed by atoms with Gasteiger partial charge in [-0.15, -0.1) is 0 Å². The van der Waals surface area contributed by atoms with Crippen molar-refractivity contribution in [1.82, 2.24) is 10.2 Å². The first-order valence-corrected chi connectivity index (χ1v) is 23.2. The van der Waals surface area contributed by atoms with Crippen LogP contribution in [0.4, 0.5) is 0 Å². The molecule has 0 spiro atoms. The van der Waals surface area contributed by atoms with Crippen LogP contribution in [-0.2, 0) is 28.4 Å². The highest BCUT2D eigenvalue weighted by Crippen LogP contribution is 2.66. The van der Waals surface area contributed by atoms with Gasteiger partial charge in [0.1, 0.15) is 11.7 Å². The van der Waals surface area contributed by atoms with Crippen molar-refractivity contribution >= 4 is 0 Å². The summed E-state index contributed by atoms with van der Waals surface area (Å²) in [6.45, 7) is 12.6. The molecule has 19 heteroatoms. The van der Waals surface area contributed by atoms with E-state index in [0.29, 0.717) is 11.1 Å². The lowest BCUT2D eigenvalue weighted by Crippen LogP contribution is -2.83. The van der Waals surface area contributed by atoms with Gasteiger partial charge in [-0.1, -0.05) is 88.4 Å². The van der Waals surface area contributed by atoms with E-state index in [1.54, 1.807) is 109 Å². The van der Waals surface area contributed by atoms with Crippen molar-refractivity contribution < 1.29 is 84.6 Å². The smallest absolute Gasteiger partial charge is 0.214 e. The van der Waals surface area contributed by atoms with Crippen molar-refractivity contribution in [2.24, 2.45) is 28.6 Å². The summed E-state index contributed by atoms with van der Waals surface area (Å²) in [4.78, 5) is 1.38. The van der Waals surface area contributed by atoms with Crippen LogP contribution in [0.2, 0.25) is 0 Å². The van der Waals surface area contributed by atoms with Crippen molar-refractivity contribution in [3.8, 4) is 0 Å². The number of aliphatic hydroxyl groups is 11. The molecule has 2 aromatic carbocycles. The predicted octanol–water partition coefficient (Wildman–Crippen LogP) is 0.163. The van der Waals surface area contributed by atoms with E-state index in [9.17, 15) is 56.2 Å². The number of hydrogen-bond donors (Lipinski definition) is 12. The zero-order chi connectivity index (χ0) is 49.6. The molecule has 2 bridgehead atoms. The van der Waals surface area contributed by atoms with Crippen LogP contribution in [0.3, 0.4) is 0 Å². The lowest BCUT2D eigenvalue weighted by molar-refractivity contribution is -0.417. The lowest BCUT2D eigenvalue weighted by atomic mass is 9.42. The van der Waals surface area contributed by atoms with Gasteiger partial charge >= 0.3 is 0 Å². The minimum Gasteiger partial charge on any atom is -0.392 e. The molecule has 0 radical (unpaired) electrons. The Hall–Kier alpha value is -2.32. The van der Waals surface area contributed by atoms with Gasteiger partial charge in [-0.2, -0.15) is 0 Å². The van der Waals surface area contributed by atoms with Gasteiger partial charge in [0.2, 0.25) is 6.41 Å². The number of ether oxygens (including phenoxy) is 6. The van der Waals surface area contributed by atoms with E-state index < -0.39 is 132 Å². The van der Waals surface area contributed by atoms with Gasteiger partial charge in [0, 0.05) is 54.2 Å². The number of nitrogens with one attached hydrogen (secondary N) is 1. The van der Waals surface area contributed by atoms with Gasteiger partial charge < -0.3 is 84.6 Å². The normalized spacial score (nSPS) is 37.2. The highest BCUT2D eigenvalue weighted by molar-refractivity contribution is 5.27. The molecule has 0 amide bonds. The van der Waals surface area contributed by atoms with Crippen molar-refractivity contribution in [3.05, 3.63) is 71.8 Å². The molecule has 3 saturated carbocycles. The topological polar surface area (TPSA) is 293 Å². The molecule has 380 valence electrons. The summed E-state index contributed by atoms with van der Waals surface area (Å²) in [7, 11) is 1.51. The van der Waals surface area contributed by atoms with Crippen LogP contribution >= 0.6 is 0 Å². The van der Waals surface area contributed by atoms with Crippen LogP contribution in [0.25, 0.3) is 0 Å². The first kappa shape index (κ1) is 54.0. The third-order valence-electron chi connectivity index (χ3n) is 15.0. The first-order valence-electron chi connectivity index (χ1n) is 23.2. The van der Waals surface area contributed by atoms with E-state index in [2.05, 4.69) is 5.32 Å². The molecule has 3 aliphatic carbocycles. The Labute approximate surface area is 392 Å². The Morgan fingerprint density at radius 1 is 0.866 bits per heavy atom. The van der Waals surface area contributed by atoms with Crippen LogP contribution in [0.15, 0.2) is 60.7 Å². The van der Waals surface area contributed by atoms with Gasteiger partial charge in [-0.25, -0.2) is 0 Å². The van der Waals surface area contributed by atoms with Gasteiger partial charge in [0.15, 0.2) is 31.5 Å². The van der Waals surface area contributed by atoms with Gasteiger partial charge in [0.05, 0.1) is 60.5 Å². The molecule has 0 aromatic heterocycles. The highest BCUT2D eigenvalue weighted by atomic mass is 16.7. The van der Waals surface area contributed by atoms with Crippen molar-refractivity contribution in [1.29, 1.82) is 0 Å². The SMILES string of the molecule is CC(O)O[C@@]12COC1CC(O)C1(C)C(O)C(O)C3C(C)[C@@H](OC(O)[C@H](OC(O)CN(C)CC(O)O)[C@@H](NC(O)OC(C)(C)C)c4ccccc4)CC(O)([C@@H](OC(O)c4ccccc4)[C@@H]12)C3(C)C. The molecule has 6 rings (SSSR count). The summed E-state index contributed by atoms with van der Waals surface area (Å²) in [5, 5.41) is 131. The molecule has 1 saturated heterocycles. The summed E-state index contributed by atoms with van der Waals surface area (Å²) >= 11 is 0. The van der Waals surface area contributed by atoms with Crippen molar-refractivity contribution in [2.75, 3.05) is 26.7 Å². The molecule has 4 fully saturated rings. The molecule has 12 N–H and O–H groups in total. The fraction of sp³-hybridized carbons (Fsp3) is 0.750. The molecule has 4 aliphatic rings. The number of hydrogen-bond acceptors (Lipinski definition) is 19. The maximum atomic E-state index is 13.9. The molecule has 13 unspecified atom stereocenters. The monoisotopic (exact) mass is 953 g/mol. The number of nitrogens with zero attached hydrogens (tertiary/aromatic N) is 1. The molecule has 19 atom stereocenters. The van der Waals surface area contributed by atoms with E-state index in [0.717, 1.165) is 0 Å². The minimum atomic E-state index is -2.19. The fourth-order valence-corrected chi connectivity index (χ4v) is 11.7. The molecule has 19 nitrogen and oxygen atoms in total. The summed E-state index contributed by atoms with van der Waals surface area (Å²) in [6.07, 6.45) is -20.8. The number of benzene rings is 2. The number of rotatable bonds is 19. The fourth-order valence-electron chi connectivity index (χ4n) is 11.7. The Kier molecular flexibility index (Phi) is 16.8. The average Bonchev–Trinajstić information content (AvgIpc) is 3.22. The van der Waals surface area contributed by atoms with E-state index in [1.807, 2.05) is 0 Å². The second-order valence-corrected chi connectivity index (χ2v) is 21.0. The average molecular weight is 953 g/mol. The second-order valence-electron chi connectivity index (χ2n) is 21.0. The second kappa shape index (κ2) is 20.8. The van der Waals surface area contributed by atoms with E-state index in [4.69, 9.17) is 28.4 Å². The Morgan fingerprint density at radius 2 is 1.46 bits per heavy atom. The standard InChI is InChI=1S/C48H76N2O17/c1-25-29(63-42(59)37(64-33(55)23-50(9)22-32(53)54)35(27-16-12-10-13-17-27)49-43(60)67-44(3,4)5)21-48(61)40(65-41(58)28-18-14-11-15-19-28)38-46(8,39(57)36(56)34(25)45(48,6)7)30(52)20-31-47(38,24-62-31)66-26(2)51/h10-19,25-26,29-43,49,51-61H,20-24H2,1-9H3/t25?,26?,29-,30?,31?,33?,34?,35-,36?,37+,38-,39?,40-,41?,42?,43?,46?,47-,48?/m0/s1. The zero-order valence-corrected chi connectivity index (χ0v) is 39.9. The molecule has 1 aliphatic heterocycles. The van der Waals surface area contributed by atoms with Crippen molar-refractivity contribution in [3.63, 3.8) is 0 Å². The third-order valence-corrected chi connectivity index (χ3v) is 15.0. The summed E-state index contributed by atoms with van der Waals surface area (Å²) < 4.78 is 37.6. The van der Waals surface area contributed by atoms with Crippen LogP contribution < -0.4 is 5.32 Å². The molecule has 67 heavy (non-hydrogen) atoms. The van der Waals surface area contributed by atoms with E-state index in [1.165, 1.54) is 18.9 Å². The van der Waals surface area contributed by atoms with E-state index >= 15 is 0 Å². The Balaban J connectivity index is 1.48. The third kappa shape index (κ3) is 10.8.